The molecule has 1 N–H and O–H groups in total. The second-order valence-electron chi connectivity index (χ2n) is 5.39. The molecule has 1 aromatic carbocycles. The molecule has 2 unspecified atom stereocenters. The maximum atomic E-state index is 12.5. The number of nitrogens with zero attached hydrogens (tertiary/aromatic N) is 1. The molecule has 96 valence electrons. The molecule has 0 heterocycles. The molecule has 0 saturated heterocycles. The lowest BCUT2D eigenvalue weighted by Gasteiger charge is -2.22. The van der Waals surface area contributed by atoms with E-state index in [-0.39, 0.29) is 17.6 Å². The number of fused-ring (bicyclic) bond motifs is 1. The van der Waals surface area contributed by atoms with Crippen molar-refractivity contribution in [2.45, 2.75) is 26.2 Å². The Labute approximate surface area is 107 Å². The third-order valence-corrected chi connectivity index (χ3v) is 4.42. The summed E-state index contributed by atoms with van der Waals surface area (Å²) in [5.74, 6) is 2.00. The molecular weight excluding hydrogens is 226 g/mol. The van der Waals surface area contributed by atoms with Crippen LogP contribution in [0.3, 0.4) is 0 Å². The number of carbonyl (C=O) groups is 1. The molecule has 1 aromatic rings. The fourth-order valence-corrected chi connectivity index (χ4v) is 3.49. The summed E-state index contributed by atoms with van der Waals surface area (Å²) in [7, 11) is 0. The van der Waals surface area contributed by atoms with Crippen molar-refractivity contribution in [2.75, 3.05) is 11.4 Å². The monoisotopic (exact) mass is 245 g/mol. The molecule has 3 rings (SSSR count). The number of phenols is 1. The van der Waals surface area contributed by atoms with Crippen molar-refractivity contribution in [3.05, 3.63) is 24.3 Å². The van der Waals surface area contributed by atoms with Gasteiger partial charge in [0.15, 0.2) is 0 Å². The van der Waals surface area contributed by atoms with Gasteiger partial charge < -0.3 is 10.0 Å². The average Bonchev–Trinajstić information content (AvgIpc) is 2.84. The van der Waals surface area contributed by atoms with Crippen molar-refractivity contribution in [1.29, 1.82) is 0 Å². The second kappa shape index (κ2) is 4.30. The van der Waals surface area contributed by atoms with Crippen LogP contribution in [0.1, 0.15) is 26.2 Å². The lowest BCUT2D eigenvalue weighted by Crippen LogP contribution is -2.33. The van der Waals surface area contributed by atoms with Gasteiger partial charge in [-0.25, -0.2) is 0 Å². The molecule has 0 spiro atoms. The lowest BCUT2D eigenvalue weighted by molar-refractivity contribution is -0.120. The molecule has 2 fully saturated rings. The molecule has 0 bridgehead atoms. The zero-order valence-electron chi connectivity index (χ0n) is 10.7. The van der Waals surface area contributed by atoms with Crippen LogP contribution in [0.2, 0.25) is 0 Å². The first-order valence-corrected chi connectivity index (χ1v) is 6.82. The molecule has 3 heteroatoms. The second-order valence-corrected chi connectivity index (χ2v) is 5.39. The Morgan fingerprint density at radius 1 is 1.39 bits per heavy atom. The van der Waals surface area contributed by atoms with E-state index in [1.165, 1.54) is 19.3 Å². The molecule has 1 amide bonds. The van der Waals surface area contributed by atoms with E-state index < -0.39 is 0 Å². The van der Waals surface area contributed by atoms with Crippen molar-refractivity contribution in [3.8, 4) is 5.75 Å². The van der Waals surface area contributed by atoms with Gasteiger partial charge in [0.1, 0.15) is 5.75 Å². The van der Waals surface area contributed by atoms with Crippen molar-refractivity contribution in [2.24, 2.45) is 17.8 Å². The van der Waals surface area contributed by atoms with Crippen LogP contribution in [0.4, 0.5) is 5.69 Å². The number of carbonyl (C=O) groups excluding carboxylic acids is 1. The van der Waals surface area contributed by atoms with E-state index >= 15 is 0 Å². The number of hydrogen-bond acceptors (Lipinski definition) is 2. The van der Waals surface area contributed by atoms with Crippen LogP contribution in [0.5, 0.6) is 5.75 Å². The van der Waals surface area contributed by atoms with Crippen LogP contribution in [-0.4, -0.2) is 17.6 Å². The Kier molecular flexibility index (Phi) is 2.77. The number of anilines is 1. The van der Waals surface area contributed by atoms with E-state index in [0.29, 0.717) is 18.4 Å². The third kappa shape index (κ3) is 1.78. The summed E-state index contributed by atoms with van der Waals surface area (Å²) in [6.45, 7) is 2.65. The first-order valence-electron chi connectivity index (χ1n) is 6.82. The minimum Gasteiger partial charge on any atom is -0.508 e. The summed E-state index contributed by atoms with van der Waals surface area (Å²) < 4.78 is 0. The highest BCUT2D eigenvalue weighted by Crippen LogP contribution is 2.58. The van der Waals surface area contributed by atoms with E-state index in [4.69, 9.17) is 0 Å². The molecule has 3 nitrogen and oxygen atoms in total. The van der Waals surface area contributed by atoms with Gasteiger partial charge in [-0.1, -0.05) is 12.5 Å². The summed E-state index contributed by atoms with van der Waals surface area (Å²) in [6, 6.07) is 6.97. The number of aromatic hydroxyl groups is 1. The van der Waals surface area contributed by atoms with Crippen LogP contribution in [-0.2, 0) is 4.79 Å². The van der Waals surface area contributed by atoms with E-state index in [0.717, 1.165) is 5.69 Å². The highest BCUT2D eigenvalue weighted by Gasteiger charge is 2.57. The molecule has 2 aliphatic carbocycles. The molecule has 0 aliphatic heterocycles. The van der Waals surface area contributed by atoms with Crippen molar-refractivity contribution >= 4 is 11.6 Å². The molecule has 2 atom stereocenters. The lowest BCUT2D eigenvalue weighted by atomic mass is 10.1. The highest BCUT2D eigenvalue weighted by molar-refractivity contribution is 5.97. The zero-order chi connectivity index (χ0) is 12.7. The van der Waals surface area contributed by atoms with Crippen LogP contribution in [0.15, 0.2) is 24.3 Å². The van der Waals surface area contributed by atoms with Gasteiger partial charge in [-0.05, 0) is 43.7 Å². The molecular formula is C15H19NO2. The van der Waals surface area contributed by atoms with Gasteiger partial charge in [-0.3, -0.25) is 4.79 Å². The normalized spacial score (nSPS) is 28.8. The Hall–Kier alpha value is -1.51. The van der Waals surface area contributed by atoms with Crippen molar-refractivity contribution < 1.29 is 9.90 Å². The summed E-state index contributed by atoms with van der Waals surface area (Å²) in [4.78, 5) is 14.3. The Morgan fingerprint density at radius 2 is 2.11 bits per heavy atom. The number of benzene rings is 1. The zero-order valence-corrected chi connectivity index (χ0v) is 10.7. The third-order valence-electron chi connectivity index (χ3n) is 4.42. The number of rotatable bonds is 3. The Balaban J connectivity index is 1.78. The van der Waals surface area contributed by atoms with Crippen molar-refractivity contribution in [1.82, 2.24) is 0 Å². The smallest absolute Gasteiger partial charge is 0.230 e. The standard InChI is InChI=1S/C15H19NO2/c1-2-16(10-5-3-6-11(17)9-10)15(18)14-12-7-4-8-13(12)14/h3,5-6,9,12-14,17H,2,4,7-8H2,1H3. The van der Waals surface area contributed by atoms with Gasteiger partial charge in [-0.2, -0.15) is 0 Å². The topological polar surface area (TPSA) is 40.5 Å². The van der Waals surface area contributed by atoms with Gasteiger partial charge in [-0.15, -0.1) is 0 Å². The molecule has 2 aliphatic rings. The maximum Gasteiger partial charge on any atom is 0.230 e. The quantitative estimate of drug-likeness (QED) is 0.889. The summed E-state index contributed by atoms with van der Waals surface area (Å²) in [5, 5.41) is 9.52. The fraction of sp³-hybridized carbons (Fsp3) is 0.533. The molecule has 18 heavy (non-hydrogen) atoms. The number of phenolic OH excluding ortho intramolecular Hbond substituents is 1. The van der Waals surface area contributed by atoms with E-state index in [9.17, 15) is 9.90 Å². The first-order chi connectivity index (χ1) is 8.72. The Bertz CT molecular complexity index is 461. The predicted octanol–water partition coefficient (Wildman–Crippen LogP) is 2.79. The fourth-order valence-electron chi connectivity index (χ4n) is 3.49. The average molecular weight is 245 g/mol. The number of hydrogen-bond donors (Lipinski definition) is 1. The van der Waals surface area contributed by atoms with Gasteiger partial charge in [0, 0.05) is 24.2 Å². The van der Waals surface area contributed by atoms with Gasteiger partial charge in [0.05, 0.1) is 0 Å². The first kappa shape index (κ1) is 11.6. The number of amides is 1. The summed E-state index contributed by atoms with van der Waals surface area (Å²) in [5.41, 5.74) is 0.812. The van der Waals surface area contributed by atoms with E-state index in [1.807, 2.05) is 17.9 Å². The highest BCUT2D eigenvalue weighted by atomic mass is 16.3. The maximum absolute atomic E-state index is 12.5. The Morgan fingerprint density at radius 3 is 2.72 bits per heavy atom. The van der Waals surface area contributed by atoms with Crippen LogP contribution in [0.25, 0.3) is 0 Å². The van der Waals surface area contributed by atoms with Crippen molar-refractivity contribution in [3.63, 3.8) is 0 Å². The minimum absolute atomic E-state index is 0.217. The van der Waals surface area contributed by atoms with Gasteiger partial charge >= 0.3 is 0 Å². The molecule has 0 radical (unpaired) electrons. The summed E-state index contributed by atoms with van der Waals surface area (Å²) in [6.07, 6.45) is 3.73. The largest absolute Gasteiger partial charge is 0.508 e. The van der Waals surface area contributed by atoms with E-state index in [1.54, 1.807) is 18.2 Å². The van der Waals surface area contributed by atoms with Crippen LogP contribution in [0, 0.1) is 17.8 Å². The molecule has 2 saturated carbocycles. The minimum atomic E-state index is 0.217. The molecule has 0 aromatic heterocycles. The van der Waals surface area contributed by atoms with Crippen LogP contribution < -0.4 is 4.90 Å². The van der Waals surface area contributed by atoms with Crippen LogP contribution >= 0.6 is 0 Å². The predicted molar refractivity (Wildman–Crippen MR) is 70.5 cm³/mol. The van der Waals surface area contributed by atoms with E-state index in [2.05, 4.69) is 0 Å². The summed E-state index contributed by atoms with van der Waals surface area (Å²) >= 11 is 0. The van der Waals surface area contributed by atoms with Gasteiger partial charge in [0.2, 0.25) is 5.91 Å². The van der Waals surface area contributed by atoms with Gasteiger partial charge in [0.25, 0.3) is 0 Å². The SMILES string of the molecule is CCN(C(=O)C1C2CCCC21)c1cccc(O)c1.